The Balaban J connectivity index is 2.74. The summed E-state index contributed by atoms with van der Waals surface area (Å²) in [6, 6.07) is 6.22. The Morgan fingerprint density at radius 2 is 1.86 bits per heavy atom. The third-order valence-corrected chi connectivity index (χ3v) is 4.45. The van der Waals surface area contributed by atoms with Gasteiger partial charge in [-0.2, -0.15) is 0 Å². The number of hydrogen-bond donors (Lipinski definition) is 0. The average Bonchev–Trinajstić information content (AvgIpc) is 2.49. The summed E-state index contributed by atoms with van der Waals surface area (Å²) in [6.07, 6.45) is 1.92. The SMILES string of the molecule is COCCCOc1cc(C[C@H](CBr)C(C)C)ccc1OC. The largest absolute Gasteiger partial charge is 0.493 e. The summed E-state index contributed by atoms with van der Waals surface area (Å²) in [5, 5.41) is 1.01. The first-order chi connectivity index (χ1) is 10.1. The summed E-state index contributed by atoms with van der Waals surface area (Å²) >= 11 is 3.61. The fourth-order valence-corrected chi connectivity index (χ4v) is 3.09. The zero-order chi connectivity index (χ0) is 15.7. The highest BCUT2D eigenvalue weighted by Gasteiger charge is 2.14. The van der Waals surface area contributed by atoms with E-state index in [1.807, 2.05) is 6.07 Å². The fourth-order valence-electron chi connectivity index (χ4n) is 2.12. The van der Waals surface area contributed by atoms with Crippen LogP contribution in [0.4, 0.5) is 0 Å². The molecule has 0 aliphatic heterocycles. The van der Waals surface area contributed by atoms with E-state index in [4.69, 9.17) is 14.2 Å². The van der Waals surface area contributed by atoms with Gasteiger partial charge in [-0.05, 0) is 36.0 Å². The van der Waals surface area contributed by atoms with Gasteiger partial charge in [0.15, 0.2) is 11.5 Å². The van der Waals surface area contributed by atoms with Gasteiger partial charge in [0.05, 0.1) is 13.7 Å². The van der Waals surface area contributed by atoms with E-state index in [9.17, 15) is 0 Å². The van der Waals surface area contributed by atoms with Crippen molar-refractivity contribution in [3.63, 3.8) is 0 Å². The summed E-state index contributed by atoms with van der Waals surface area (Å²) < 4.78 is 16.2. The number of rotatable bonds is 10. The van der Waals surface area contributed by atoms with Crippen LogP contribution in [-0.4, -0.2) is 32.8 Å². The lowest BCUT2D eigenvalue weighted by Gasteiger charge is -2.19. The molecule has 0 aliphatic carbocycles. The molecule has 1 aromatic rings. The van der Waals surface area contributed by atoms with E-state index in [-0.39, 0.29) is 0 Å². The fraction of sp³-hybridized carbons (Fsp3) is 0.647. The number of halogens is 1. The van der Waals surface area contributed by atoms with Crippen LogP contribution in [0.5, 0.6) is 11.5 Å². The highest BCUT2D eigenvalue weighted by Crippen LogP contribution is 2.30. The second-order valence-corrected chi connectivity index (χ2v) is 6.19. The Morgan fingerprint density at radius 3 is 2.43 bits per heavy atom. The van der Waals surface area contributed by atoms with Crippen LogP contribution in [-0.2, 0) is 11.2 Å². The number of methoxy groups -OCH3 is 2. The van der Waals surface area contributed by atoms with E-state index in [2.05, 4.69) is 41.9 Å². The van der Waals surface area contributed by atoms with Crippen molar-refractivity contribution in [2.24, 2.45) is 11.8 Å². The third kappa shape index (κ3) is 6.27. The lowest BCUT2D eigenvalue weighted by molar-refractivity contribution is 0.170. The van der Waals surface area contributed by atoms with Crippen molar-refractivity contribution >= 4 is 15.9 Å². The van der Waals surface area contributed by atoms with Crippen LogP contribution >= 0.6 is 15.9 Å². The summed E-state index contributed by atoms with van der Waals surface area (Å²) in [5.74, 6) is 2.89. The number of alkyl halides is 1. The minimum Gasteiger partial charge on any atom is -0.493 e. The predicted molar refractivity (Wildman–Crippen MR) is 90.8 cm³/mol. The second-order valence-electron chi connectivity index (χ2n) is 5.54. The van der Waals surface area contributed by atoms with Gasteiger partial charge in [-0.25, -0.2) is 0 Å². The van der Waals surface area contributed by atoms with Gasteiger partial charge in [0.2, 0.25) is 0 Å². The van der Waals surface area contributed by atoms with E-state index < -0.39 is 0 Å². The van der Waals surface area contributed by atoms with Crippen LogP contribution in [0.1, 0.15) is 25.8 Å². The summed E-state index contributed by atoms with van der Waals surface area (Å²) in [4.78, 5) is 0. The molecule has 21 heavy (non-hydrogen) atoms. The molecule has 0 radical (unpaired) electrons. The summed E-state index contributed by atoms with van der Waals surface area (Å²) in [6.45, 7) is 5.87. The zero-order valence-electron chi connectivity index (χ0n) is 13.5. The van der Waals surface area contributed by atoms with E-state index in [1.54, 1.807) is 14.2 Å². The van der Waals surface area contributed by atoms with Crippen molar-refractivity contribution in [2.45, 2.75) is 26.7 Å². The smallest absolute Gasteiger partial charge is 0.161 e. The Kier molecular flexibility index (Phi) is 8.77. The molecule has 4 heteroatoms. The van der Waals surface area contributed by atoms with Gasteiger partial charge in [-0.3, -0.25) is 0 Å². The first kappa shape index (κ1) is 18.3. The van der Waals surface area contributed by atoms with E-state index >= 15 is 0 Å². The molecule has 0 aromatic heterocycles. The molecule has 0 aliphatic rings. The highest BCUT2D eigenvalue weighted by atomic mass is 79.9. The molecule has 1 atom stereocenters. The van der Waals surface area contributed by atoms with Crippen molar-refractivity contribution in [1.29, 1.82) is 0 Å². The molecule has 0 bridgehead atoms. The topological polar surface area (TPSA) is 27.7 Å². The molecular weight excluding hydrogens is 332 g/mol. The van der Waals surface area contributed by atoms with Gasteiger partial charge >= 0.3 is 0 Å². The Bertz CT molecular complexity index is 407. The van der Waals surface area contributed by atoms with Crippen LogP contribution < -0.4 is 9.47 Å². The van der Waals surface area contributed by atoms with Gasteiger partial charge in [0.25, 0.3) is 0 Å². The van der Waals surface area contributed by atoms with Gasteiger partial charge in [-0.15, -0.1) is 0 Å². The monoisotopic (exact) mass is 358 g/mol. The maximum Gasteiger partial charge on any atom is 0.161 e. The molecule has 0 unspecified atom stereocenters. The molecule has 0 fully saturated rings. The van der Waals surface area contributed by atoms with Gasteiger partial charge in [0, 0.05) is 25.5 Å². The van der Waals surface area contributed by atoms with Crippen LogP contribution in [0.25, 0.3) is 0 Å². The van der Waals surface area contributed by atoms with Crippen LogP contribution in [0.15, 0.2) is 18.2 Å². The predicted octanol–water partition coefficient (Wildman–Crippen LogP) is 4.32. The first-order valence-electron chi connectivity index (χ1n) is 7.47. The number of ether oxygens (including phenoxy) is 3. The van der Waals surface area contributed by atoms with Crippen molar-refractivity contribution in [3.05, 3.63) is 23.8 Å². The zero-order valence-corrected chi connectivity index (χ0v) is 15.1. The van der Waals surface area contributed by atoms with Gasteiger partial charge in [-0.1, -0.05) is 35.8 Å². The van der Waals surface area contributed by atoms with Crippen LogP contribution in [0.3, 0.4) is 0 Å². The first-order valence-corrected chi connectivity index (χ1v) is 8.59. The highest BCUT2D eigenvalue weighted by molar-refractivity contribution is 9.09. The number of hydrogen-bond acceptors (Lipinski definition) is 3. The van der Waals surface area contributed by atoms with Crippen LogP contribution in [0.2, 0.25) is 0 Å². The normalized spacial score (nSPS) is 12.5. The third-order valence-electron chi connectivity index (χ3n) is 3.62. The quantitative estimate of drug-likeness (QED) is 0.460. The minimum atomic E-state index is 0.625. The Morgan fingerprint density at radius 1 is 1.10 bits per heavy atom. The molecule has 0 spiro atoms. The molecule has 0 N–H and O–H groups in total. The Hall–Kier alpha value is -0.740. The molecule has 120 valence electrons. The second kappa shape index (κ2) is 10.1. The molecule has 0 amide bonds. The minimum absolute atomic E-state index is 0.625. The molecule has 1 aromatic carbocycles. The van der Waals surface area contributed by atoms with E-state index in [1.165, 1.54) is 5.56 Å². The van der Waals surface area contributed by atoms with Gasteiger partial charge in [0.1, 0.15) is 0 Å². The summed E-state index contributed by atoms with van der Waals surface area (Å²) in [5.41, 5.74) is 1.29. The maximum atomic E-state index is 5.83. The molecule has 0 saturated carbocycles. The lowest BCUT2D eigenvalue weighted by atomic mass is 9.91. The molecule has 0 heterocycles. The van der Waals surface area contributed by atoms with E-state index in [0.717, 1.165) is 29.7 Å². The Labute approximate surface area is 137 Å². The standard InChI is InChI=1S/C17H27BrO3/c1-13(2)15(12-18)10-14-6-7-16(20-4)17(11-14)21-9-5-8-19-3/h6-7,11,13,15H,5,8-10,12H2,1-4H3/t15-/m1/s1. The van der Waals surface area contributed by atoms with Crippen molar-refractivity contribution in [1.82, 2.24) is 0 Å². The van der Waals surface area contributed by atoms with E-state index in [0.29, 0.717) is 25.0 Å². The molecular formula is C17H27BrO3. The molecule has 0 saturated heterocycles. The van der Waals surface area contributed by atoms with Crippen molar-refractivity contribution in [3.8, 4) is 11.5 Å². The lowest BCUT2D eigenvalue weighted by Crippen LogP contribution is -2.13. The average molecular weight is 359 g/mol. The van der Waals surface area contributed by atoms with Crippen molar-refractivity contribution < 1.29 is 14.2 Å². The van der Waals surface area contributed by atoms with Crippen molar-refractivity contribution in [2.75, 3.05) is 32.8 Å². The molecule has 1 rings (SSSR count). The summed E-state index contributed by atoms with van der Waals surface area (Å²) in [7, 11) is 3.37. The molecule has 3 nitrogen and oxygen atoms in total. The van der Waals surface area contributed by atoms with Crippen LogP contribution in [0, 0.1) is 11.8 Å². The number of benzene rings is 1. The maximum absolute atomic E-state index is 5.83. The van der Waals surface area contributed by atoms with Gasteiger partial charge < -0.3 is 14.2 Å².